The van der Waals surface area contributed by atoms with Crippen LogP contribution in [0.4, 0.5) is 5.69 Å². The van der Waals surface area contributed by atoms with Crippen molar-refractivity contribution in [3.8, 4) is 11.8 Å². The third-order valence-electron chi connectivity index (χ3n) is 4.66. The van der Waals surface area contributed by atoms with Gasteiger partial charge < -0.3 is 20.1 Å². The highest BCUT2D eigenvalue weighted by atomic mass is 16.5. The number of carbonyl (C=O) groups excluding carboxylic acids is 2. The molecule has 166 valence electrons. The highest BCUT2D eigenvalue weighted by molar-refractivity contribution is 6.03. The lowest BCUT2D eigenvalue weighted by Crippen LogP contribution is -2.33. The third-order valence-corrected chi connectivity index (χ3v) is 4.66. The fourth-order valence-electron chi connectivity index (χ4n) is 2.99. The number of anilines is 1. The Labute approximate surface area is 185 Å². The Hall–Kier alpha value is -4.08. The van der Waals surface area contributed by atoms with Crippen LogP contribution in [0, 0.1) is 5.92 Å². The summed E-state index contributed by atoms with van der Waals surface area (Å²) >= 11 is 0. The van der Waals surface area contributed by atoms with Gasteiger partial charge in [-0.1, -0.05) is 32.0 Å². The van der Waals surface area contributed by atoms with Gasteiger partial charge in [0.15, 0.2) is 11.4 Å². The fraction of sp³-hybridized carbons (Fsp3) is 0.273. The third kappa shape index (κ3) is 5.34. The molecule has 0 spiro atoms. The van der Waals surface area contributed by atoms with Crippen molar-refractivity contribution in [1.82, 2.24) is 25.7 Å². The predicted octanol–water partition coefficient (Wildman–Crippen LogP) is 2.66. The van der Waals surface area contributed by atoms with E-state index >= 15 is 0 Å². The predicted molar refractivity (Wildman–Crippen MR) is 117 cm³/mol. The topological polar surface area (TPSA) is 128 Å². The molecule has 32 heavy (non-hydrogen) atoms. The number of amides is 2. The zero-order valence-electron chi connectivity index (χ0n) is 18.2. The normalized spacial score (nSPS) is 11.5. The molecule has 0 aliphatic heterocycles. The van der Waals surface area contributed by atoms with Crippen molar-refractivity contribution in [3.05, 3.63) is 65.5 Å². The van der Waals surface area contributed by atoms with Crippen molar-refractivity contribution in [1.29, 1.82) is 0 Å². The van der Waals surface area contributed by atoms with Crippen LogP contribution >= 0.6 is 0 Å². The van der Waals surface area contributed by atoms with Crippen LogP contribution < -0.4 is 20.1 Å². The van der Waals surface area contributed by atoms with Gasteiger partial charge in [0.05, 0.1) is 20.3 Å². The number of benzene rings is 1. The minimum atomic E-state index is -0.428. The second-order valence-electron chi connectivity index (χ2n) is 7.16. The van der Waals surface area contributed by atoms with Gasteiger partial charge in [-0.05, 0) is 29.7 Å². The minimum Gasteiger partial charge on any atom is -0.480 e. The summed E-state index contributed by atoms with van der Waals surface area (Å²) in [5.41, 5.74) is 1.59. The van der Waals surface area contributed by atoms with Crippen LogP contribution in [-0.4, -0.2) is 46.4 Å². The zero-order valence-corrected chi connectivity index (χ0v) is 18.2. The molecule has 10 heteroatoms. The Bertz CT molecular complexity index is 1070. The second-order valence-corrected chi connectivity index (χ2v) is 7.16. The van der Waals surface area contributed by atoms with E-state index in [1.165, 1.54) is 26.4 Å². The summed E-state index contributed by atoms with van der Waals surface area (Å²) in [7, 11) is 2.94. The molecule has 2 N–H and O–H groups in total. The van der Waals surface area contributed by atoms with Crippen LogP contribution in [0.5, 0.6) is 11.8 Å². The van der Waals surface area contributed by atoms with Gasteiger partial charge in [-0.2, -0.15) is 0 Å². The number of hydrogen-bond donors (Lipinski definition) is 2. The van der Waals surface area contributed by atoms with Crippen LogP contribution in [0.2, 0.25) is 0 Å². The molecule has 0 bridgehead atoms. The monoisotopic (exact) mass is 436 g/mol. The first-order valence-corrected chi connectivity index (χ1v) is 9.89. The number of hydrogen-bond acceptors (Lipinski definition) is 8. The summed E-state index contributed by atoms with van der Waals surface area (Å²) in [5, 5.41) is 21.3. The van der Waals surface area contributed by atoms with E-state index in [-0.39, 0.29) is 23.2 Å². The molecule has 3 rings (SSSR count). The Balaban J connectivity index is 1.82. The molecule has 0 fully saturated rings. The van der Waals surface area contributed by atoms with E-state index in [0.717, 1.165) is 5.56 Å². The first-order valence-electron chi connectivity index (χ1n) is 9.89. The molecular weight excluding hydrogens is 412 g/mol. The fourth-order valence-corrected chi connectivity index (χ4v) is 2.99. The van der Waals surface area contributed by atoms with Gasteiger partial charge >= 0.3 is 0 Å². The molecule has 1 atom stereocenters. The van der Waals surface area contributed by atoms with Crippen LogP contribution in [0.25, 0.3) is 0 Å². The molecule has 2 amide bonds. The summed E-state index contributed by atoms with van der Waals surface area (Å²) in [4.78, 5) is 25.5. The standard InChI is InChI=1S/C22H24N6O4/c1-13(2)20(24-22(30)17-10-12-19(32-4)28-26-17)14-7-5-6-8-15(14)23-21(29)16-9-11-18(31-3)27-25-16/h5-13,20H,1-4H3,(H,23,29)(H,24,30). The molecule has 1 unspecified atom stereocenters. The maximum Gasteiger partial charge on any atom is 0.276 e. The number of methoxy groups -OCH3 is 2. The number of para-hydroxylation sites is 1. The van der Waals surface area contributed by atoms with Gasteiger partial charge in [-0.15, -0.1) is 20.4 Å². The van der Waals surface area contributed by atoms with Gasteiger partial charge in [-0.3, -0.25) is 9.59 Å². The van der Waals surface area contributed by atoms with Crippen LogP contribution in [0.15, 0.2) is 48.5 Å². The highest BCUT2D eigenvalue weighted by Gasteiger charge is 2.23. The molecule has 0 saturated carbocycles. The van der Waals surface area contributed by atoms with Crippen LogP contribution in [0.1, 0.15) is 46.4 Å². The van der Waals surface area contributed by atoms with Gasteiger partial charge in [-0.25, -0.2) is 0 Å². The smallest absolute Gasteiger partial charge is 0.276 e. The molecule has 0 radical (unpaired) electrons. The first-order chi connectivity index (χ1) is 15.4. The molecule has 0 saturated heterocycles. The van der Waals surface area contributed by atoms with Gasteiger partial charge in [0.25, 0.3) is 11.8 Å². The minimum absolute atomic E-state index is 0.0176. The summed E-state index contributed by atoms with van der Waals surface area (Å²) in [6.07, 6.45) is 0. The number of ether oxygens (including phenoxy) is 2. The molecule has 3 aromatic rings. The second kappa shape index (κ2) is 10.3. The quantitative estimate of drug-likeness (QED) is 0.552. The molecule has 10 nitrogen and oxygen atoms in total. The Morgan fingerprint density at radius 1 is 0.781 bits per heavy atom. The average Bonchev–Trinajstić information content (AvgIpc) is 2.82. The van der Waals surface area contributed by atoms with Crippen molar-refractivity contribution in [2.45, 2.75) is 19.9 Å². The summed E-state index contributed by atoms with van der Waals surface area (Å²) in [6.45, 7) is 3.94. The number of nitrogens with zero attached hydrogens (tertiary/aromatic N) is 4. The lowest BCUT2D eigenvalue weighted by atomic mass is 9.94. The number of nitrogens with one attached hydrogen (secondary N) is 2. The van der Waals surface area contributed by atoms with Crippen molar-refractivity contribution in [3.63, 3.8) is 0 Å². The number of aromatic nitrogens is 4. The Morgan fingerprint density at radius 2 is 1.34 bits per heavy atom. The van der Waals surface area contributed by atoms with E-state index in [0.29, 0.717) is 17.4 Å². The molecule has 1 aromatic carbocycles. The molecule has 2 aromatic heterocycles. The van der Waals surface area contributed by atoms with Gasteiger partial charge in [0.1, 0.15) is 0 Å². The summed E-state index contributed by atoms with van der Waals surface area (Å²) in [5.74, 6) is -0.171. The van der Waals surface area contributed by atoms with E-state index < -0.39 is 11.9 Å². The molecule has 2 heterocycles. The van der Waals surface area contributed by atoms with Crippen LogP contribution in [-0.2, 0) is 0 Å². The maximum atomic E-state index is 12.8. The molecular formula is C22H24N6O4. The lowest BCUT2D eigenvalue weighted by Gasteiger charge is -2.25. The average molecular weight is 436 g/mol. The van der Waals surface area contributed by atoms with E-state index in [9.17, 15) is 9.59 Å². The van der Waals surface area contributed by atoms with Gasteiger partial charge in [0.2, 0.25) is 11.8 Å². The van der Waals surface area contributed by atoms with Crippen molar-refractivity contribution in [2.24, 2.45) is 5.92 Å². The molecule has 0 aliphatic rings. The van der Waals surface area contributed by atoms with E-state index in [4.69, 9.17) is 9.47 Å². The SMILES string of the molecule is COc1ccc(C(=O)Nc2ccccc2C(NC(=O)c2ccc(OC)nn2)C(C)C)nn1. The lowest BCUT2D eigenvalue weighted by molar-refractivity contribution is 0.0919. The highest BCUT2D eigenvalue weighted by Crippen LogP contribution is 2.29. The van der Waals surface area contributed by atoms with Crippen molar-refractivity contribution < 1.29 is 19.1 Å². The van der Waals surface area contributed by atoms with E-state index in [1.54, 1.807) is 24.3 Å². The number of rotatable bonds is 8. The van der Waals surface area contributed by atoms with Gasteiger partial charge in [0, 0.05) is 17.8 Å². The Kier molecular flexibility index (Phi) is 7.27. The summed E-state index contributed by atoms with van der Waals surface area (Å²) in [6, 6.07) is 13.0. The maximum absolute atomic E-state index is 12.8. The zero-order chi connectivity index (χ0) is 23.1. The van der Waals surface area contributed by atoms with E-state index in [1.807, 2.05) is 26.0 Å². The first kappa shape index (κ1) is 22.6. The number of carbonyl (C=O) groups is 2. The summed E-state index contributed by atoms with van der Waals surface area (Å²) < 4.78 is 9.95. The Morgan fingerprint density at radius 3 is 1.84 bits per heavy atom. The van der Waals surface area contributed by atoms with E-state index in [2.05, 4.69) is 31.0 Å². The van der Waals surface area contributed by atoms with Crippen molar-refractivity contribution in [2.75, 3.05) is 19.5 Å². The van der Waals surface area contributed by atoms with Crippen LogP contribution in [0.3, 0.4) is 0 Å². The van der Waals surface area contributed by atoms with Crippen molar-refractivity contribution >= 4 is 17.5 Å². The molecule has 0 aliphatic carbocycles. The largest absolute Gasteiger partial charge is 0.480 e.